The topological polar surface area (TPSA) is 175 Å². The third-order valence-corrected chi connectivity index (χ3v) is 20.2. The van der Waals surface area contributed by atoms with Crippen LogP contribution in [0.4, 0.5) is 0 Å². The number of carbonyl (C=O) groups excluding carboxylic acids is 2. The molecule has 11 heteroatoms. The van der Waals surface area contributed by atoms with Gasteiger partial charge in [-0.3, -0.25) is 9.59 Å². The molecule has 1 aliphatic heterocycles. The van der Waals surface area contributed by atoms with Crippen molar-refractivity contribution in [1.82, 2.24) is 5.32 Å². The van der Waals surface area contributed by atoms with Crippen LogP contribution in [0.3, 0.4) is 0 Å². The van der Waals surface area contributed by atoms with E-state index in [9.17, 15) is 35.1 Å². The number of hydrogen-bond donors (Lipinski definition) is 6. The second-order valence-electron chi connectivity index (χ2n) is 29.5. The minimum atomic E-state index is -1.58. The fourth-order valence-electron chi connectivity index (χ4n) is 13.7. The molecule has 96 heavy (non-hydrogen) atoms. The monoisotopic (exact) mass is 1360 g/mol. The molecule has 7 atom stereocenters. The first-order valence-corrected chi connectivity index (χ1v) is 42.3. The average Bonchev–Trinajstić information content (AvgIpc) is 0.836. The Labute approximate surface area is 594 Å². The molecule has 0 aromatic heterocycles. The lowest BCUT2D eigenvalue weighted by Crippen LogP contribution is -2.60. The summed E-state index contributed by atoms with van der Waals surface area (Å²) in [6, 6.07) is -0.829. The molecule has 0 aromatic rings. The number of amides is 1. The molecule has 0 aromatic carbocycles. The van der Waals surface area contributed by atoms with E-state index in [4.69, 9.17) is 14.2 Å². The number of carbonyl (C=O) groups is 2. The number of unbranched alkanes of at least 4 members (excludes halogenated alkanes) is 58. The molecule has 0 aliphatic carbocycles. The Kier molecular flexibility index (Phi) is 70.9. The normalized spacial score (nSPS) is 17.4. The fraction of sp³-hybridized carbons (Fsp3) is 0.906. The van der Waals surface area contributed by atoms with Gasteiger partial charge in [0.15, 0.2) is 6.29 Å². The van der Waals surface area contributed by atoms with Crippen LogP contribution in [0.5, 0.6) is 0 Å². The fourth-order valence-corrected chi connectivity index (χ4v) is 13.7. The Bertz CT molecular complexity index is 1690. The first-order valence-electron chi connectivity index (χ1n) is 42.3. The van der Waals surface area contributed by atoms with Crippen molar-refractivity contribution < 1.29 is 49.3 Å². The van der Waals surface area contributed by atoms with Crippen LogP contribution in [0.1, 0.15) is 431 Å². The van der Waals surface area contributed by atoms with Gasteiger partial charge in [0.1, 0.15) is 24.4 Å². The quantitative estimate of drug-likeness (QED) is 0.0195. The molecule has 0 bridgehead atoms. The summed E-state index contributed by atoms with van der Waals surface area (Å²) in [4.78, 5) is 25.2. The molecular formula is C85H161NO10. The third kappa shape index (κ3) is 61.7. The molecule has 1 fully saturated rings. The van der Waals surface area contributed by atoms with E-state index < -0.39 is 49.5 Å². The van der Waals surface area contributed by atoms with Crippen LogP contribution in [0.2, 0.25) is 0 Å². The van der Waals surface area contributed by atoms with Crippen LogP contribution in [-0.2, 0) is 23.8 Å². The summed E-state index contributed by atoms with van der Waals surface area (Å²) in [6.07, 6.45) is 88.1. The summed E-state index contributed by atoms with van der Waals surface area (Å²) in [5.74, 6) is -0.167. The molecule has 11 nitrogen and oxygen atoms in total. The van der Waals surface area contributed by atoms with Crippen molar-refractivity contribution in [2.24, 2.45) is 0 Å². The van der Waals surface area contributed by atoms with E-state index >= 15 is 0 Å². The summed E-state index contributed by atoms with van der Waals surface area (Å²) in [6.45, 7) is 4.26. The van der Waals surface area contributed by atoms with Crippen LogP contribution in [0.15, 0.2) is 36.5 Å². The van der Waals surface area contributed by atoms with Gasteiger partial charge >= 0.3 is 5.97 Å². The molecule has 0 spiro atoms. The van der Waals surface area contributed by atoms with Crippen molar-refractivity contribution in [1.29, 1.82) is 0 Å². The highest BCUT2D eigenvalue weighted by Crippen LogP contribution is 2.24. The van der Waals surface area contributed by atoms with Crippen molar-refractivity contribution in [3.8, 4) is 0 Å². The number of esters is 1. The summed E-state index contributed by atoms with van der Waals surface area (Å²) < 4.78 is 16.8. The van der Waals surface area contributed by atoms with Gasteiger partial charge in [0.2, 0.25) is 5.91 Å². The molecule has 566 valence electrons. The number of allylic oxidation sites excluding steroid dienone is 5. The van der Waals surface area contributed by atoms with Gasteiger partial charge in [-0.05, 0) is 51.4 Å². The highest BCUT2D eigenvalue weighted by Gasteiger charge is 2.44. The number of ether oxygens (including phenoxy) is 3. The van der Waals surface area contributed by atoms with Crippen molar-refractivity contribution in [3.63, 3.8) is 0 Å². The molecule has 1 heterocycles. The van der Waals surface area contributed by atoms with Crippen molar-refractivity contribution in [3.05, 3.63) is 36.5 Å². The van der Waals surface area contributed by atoms with Gasteiger partial charge in [-0.2, -0.15) is 0 Å². The molecule has 1 rings (SSSR count). The van der Waals surface area contributed by atoms with Crippen molar-refractivity contribution in [2.75, 3.05) is 19.8 Å². The Hall–Kier alpha value is -2.12. The minimum absolute atomic E-state index is 0.0238. The number of aliphatic hydroxyl groups is 5. The van der Waals surface area contributed by atoms with E-state index in [1.807, 2.05) is 6.08 Å². The SMILES string of the molecule is CC/C=C/CC/C=C/CC/C=C/C(O)C(COC1OC(CO)C(O)C(O)C1O)NC(=O)CCCCCCCCCCCCCCCCCCCCCCCCCCCCCCCCCCCCCCCCCOC(=O)CCCCCCCCCCCCCCCCCCCCC. The van der Waals surface area contributed by atoms with Gasteiger partial charge in [0.25, 0.3) is 0 Å². The molecule has 6 N–H and O–H groups in total. The van der Waals surface area contributed by atoms with E-state index in [-0.39, 0.29) is 18.5 Å². The highest BCUT2D eigenvalue weighted by atomic mass is 16.7. The number of aliphatic hydroxyl groups excluding tert-OH is 5. The Morgan fingerprint density at radius 2 is 0.688 bits per heavy atom. The Balaban J connectivity index is 1.82. The smallest absolute Gasteiger partial charge is 0.305 e. The lowest BCUT2D eigenvalue weighted by molar-refractivity contribution is -0.302. The van der Waals surface area contributed by atoms with Crippen LogP contribution < -0.4 is 5.32 Å². The van der Waals surface area contributed by atoms with Gasteiger partial charge < -0.3 is 45.1 Å². The zero-order chi connectivity index (χ0) is 69.4. The van der Waals surface area contributed by atoms with Gasteiger partial charge in [0.05, 0.1) is 32.0 Å². The summed E-state index contributed by atoms with van der Waals surface area (Å²) >= 11 is 0. The molecule has 0 saturated carbocycles. The Morgan fingerprint density at radius 3 is 1.02 bits per heavy atom. The maximum atomic E-state index is 13.0. The summed E-state index contributed by atoms with van der Waals surface area (Å²) in [7, 11) is 0. The molecule has 0 radical (unpaired) electrons. The van der Waals surface area contributed by atoms with E-state index in [0.29, 0.717) is 19.4 Å². The van der Waals surface area contributed by atoms with Crippen molar-refractivity contribution >= 4 is 11.9 Å². The van der Waals surface area contributed by atoms with E-state index in [1.165, 1.54) is 340 Å². The zero-order valence-corrected chi connectivity index (χ0v) is 63.4. The number of rotatable bonds is 76. The third-order valence-electron chi connectivity index (χ3n) is 20.2. The van der Waals surface area contributed by atoms with Crippen LogP contribution >= 0.6 is 0 Å². The lowest BCUT2D eigenvalue weighted by atomic mass is 9.99. The highest BCUT2D eigenvalue weighted by molar-refractivity contribution is 5.76. The van der Waals surface area contributed by atoms with Gasteiger partial charge in [0, 0.05) is 12.8 Å². The maximum Gasteiger partial charge on any atom is 0.305 e. The van der Waals surface area contributed by atoms with Gasteiger partial charge in [-0.1, -0.05) is 403 Å². The second kappa shape index (κ2) is 74.1. The van der Waals surface area contributed by atoms with Crippen LogP contribution in [-0.4, -0.2) is 100 Å². The summed E-state index contributed by atoms with van der Waals surface area (Å²) in [5.41, 5.74) is 0. The first kappa shape index (κ1) is 91.9. The van der Waals surface area contributed by atoms with Gasteiger partial charge in [-0.15, -0.1) is 0 Å². The standard InChI is InChI=1S/C85H161NO10/c1-3-5-7-9-11-13-15-16-17-18-40-44-47-50-53-57-61-65-69-73-81(90)94-74-70-66-62-58-54-51-48-45-42-39-37-35-33-31-29-27-25-23-21-19-20-22-24-26-28-30-32-34-36-38-41-43-46-49-52-56-60-64-68-72-80(89)86-77(76-95-85-84(93)83(92)82(91)79(75-87)96-85)78(88)71-67-63-59-55-14-12-10-8-6-4-2/h6,8,14,55,67,71,77-79,82-85,87-88,91-93H,3-5,7,9-13,15-54,56-66,68-70,72-76H2,1-2H3,(H,86,89)/b8-6+,55-14+,71-67+. The average molecular weight is 1360 g/mol. The minimum Gasteiger partial charge on any atom is -0.466 e. The number of hydrogen-bond acceptors (Lipinski definition) is 10. The van der Waals surface area contributed by atoms with E-state index in [0.717, 1.165) is 64.2 Å². The molecule has 1 saturated heterocycles. The predicted octanol–water partition coefficient (Wildman–Crippen LogP) is 23.3. The molecule has 1 aliphatic rings. The zero-order valence-electron chi connectivity index (χ0n) is 63.4. The second-order valence-corrected chi connectivity index (χ2v) is 29.5. The maximum absolute atomic E-state index is 13.0. The first-order chi connectivity index (χ1) is 47.2. The predicted molar refractivity (Wildman–Crippen MR) is 407 cm³/mol. The van der Waals surface area contributed by atoms with E-state index in [2.05, 4.69) is 43.5 Å². The largest absolute Gasteiger partial charge is 0.466 e. The molecule has 1 amide bonds. The molecular weight excluding hydrogens is 1190 g/mol. The number of nitrogens with one attached hydrogen (secondary N) is 1. The van der Waals surface area contributed by atoms with Gasteiger partial charge in [-0.25, -0.2) is 0 Å². The van der Waals surface area contributed by atoms with E-state index in [1.54, 1.807) is 6.08 Å². The summed E-state index contributed by atoms with van der Waals surface area (Å²) in [5, 5.41) is 54.4. The lowest BCUT2D eigenvalue weighted by Gasteiger charge is -2.40. The Morgan fingerprint density at radius 1 is 0.385 bits per heavy atom. The van der Waals surface area contributed by atoms with Crippen molar-refractivity contribution in [2.45, 2.75) is 474 Å². The molecule has 7 unspecified atom stereocenters. The van der Waals surface area contributed by atoms with Crippen LogP contribution in [0, 0.1) is 0 Å². The van der Waals surface area contributed by atoms with Crippen LogP contribution in [0.25, 0.3) is 0 Å².